The number of aliphatic hydroxyl groups excluding tert-OH is 1. The van der Waals surface area contributed by atoms with Gasteiger partial charge in [-0.05, 0) is 25.7 Å². The van der Waals surface area contributed by atoms with E-state index >= 15 is 0 Å². The van der Waals surface area contributed by atoms with Crippen LogP contribution in [-0.2, 0) is 14.4 Å². The summed E-state index contributed by atoms with van der Waals surface area (Å²) < 4.78 is 1.33. The summed E-state index contributed by atoms with van der Waals surface area (Å²) in [5, 5.41) is 25.0. The zero-order chi connectivity index (χ0) is 26.0. The van der Waals surface area contributed by atoms with Gasteiger partial charge in [0.25, 0.3) is 0 Å². The summed E-state index contributed by atoms with van der Waals surface area (Å²) in [4.78, 5) is 36.2. The first-order chi connectivity index (χ1) is 15.0. The largest absolute Gasteiger partial charge is 1.00 e. The van der Waals surface area contributed by atoms with E-state index in [9.17, 15) is 24.6 Å². The van der Waals surface area contributed by atoms with Gasteiger partial charge >= 0.3 is 29.6 Å². The number of hydrogen-bond acceptors (Lipinski definition) is 5. The number of rotatable bonds is 17. The maximum atomic E-state index is 12.9. The van der Waals surface area contributed by atoms with Gasteiger partial charge in [-0.15, -0.1) is 0 Å². The smallest absolute Gasteiger partial charge is 0.550 e. The van der Waals surface area contributed by atoms with Crippen LogP contribution >= 0.6 is 0 Å². The van der Waals surface area contributed by atoms with Crippen molar-refractivity contribution in [1.29, 1.82) is 0 Å². The van der Waals surface area contributed by atoms with Crippen molar-refractivity contribution in [2.75, 3.05) is 61.4 Å². The Balaban J connectivity index is -0.00000171. The van der Waals surface area contributed by atoms with Gasteiger partial charge in [0.1, 0.15) is 13.1 Å². The number of quaternary nitrogens is 2. The van der Waals surface area contributed by atoms with Crippen LogP contribution in [0.4, 0.5) is 0 Å². The molecule has 0 fully saturated rings. The number of carboxylic acid groups (broad SMARTS) is 1. The molecule has 0 saturated carbocycles. The molecule has 9 nitrogen and oxygen atoms in total. The minimum Gasteiger partial charge on any atom is -0.550 e. The van der Waals surface area contributed by atoms with Crippen LogP contribution in [0.3, 0.4) is 0 Å². The number of primary amides is 1. The number of carbonyl (C=O) groups excluding carboxylic acids is 3. The van der Waals surface area contributed by atoms with Gasteiger partial charge in [-0.3, -0.25) is 9.59 Å². The first-order valence-corrected chi connectivity index (χ1v) is 12.0. The Morgan fingerprint density at radius 2 is 1.56 bits per heavy atom. The molecule has 4 N–H and O–H groups in total. The van der Waals surface area contributed by atoms with Gasteiger partial charge in [0.2, 0.25) is 11.8 Å². The Labute approximate surface area is 243 Å². The number of nitrogens with zero attached hydrogens (tertiary/aromatic N) is 2. The molecule has 36 heavy (non-hydrogen) atoms. The van der Waals surface area contributed by atoms with Crippen LogP contribution in [0.2, 0.25) is 0 Å². The van der Waals surface area contributed by atoms with Crippen molar-refractivity contribution in [1.82, 2.24) is 5.32 Å². The Morgan fingerprint density at radius 1 is 1.03 bits per heavy atom. The SMILES string of the molecule is CCC(CC(CC(C)(CC)C(=O)NCCC[N+](C)(C)CC(O)C[N+](C)(C)C)C(=O)[O-])C(N)=O.[CH3-].[CH3-].[Na+]. The number of hydrogen-bond donors (Lipinski definition) is 3. The van der Waals surface area contributed by atoms with Crippen LogP contribution in [0.5, 0.6) is 0 Å². The molecule has 0 aliphatic carbocycles. The molecule has 0 aliphatic heterocycles. The van der Waals surface area contributed by atoms with Crippen LogP contribution in [0.15, 0.2) is 0 Å². The van der Waals surface area contributed by atoms with Gasteiger partial charge in [-0.25, -0.2) is 0 Å². The topological polar surface area (TPSA) is 133 Å². The molecule has 0 bridgehead atoms. The quantitative estimate of drug-likeness (QED) is 0.0843. The summed E-state index contributed by atoms with van der Waals surface area (Å²) in [7, 11) is 10.3. The molecule has 0 aromatic heterocycles. The molecule has 210 valence electrons. The van der Waals surface area contributed by atoms with Crippen molar-refractivity contribution >= 4 is 17.8 Å². The number of likely N-dealkylation sites (N-methyl/N-ethyl adjacent to an activating group) is 2. The number of carboxylic acids is 1. The third-order valence-corrected chi connectivity index (χ3v) is 6.51. The third-order valence-electron chi connectivity index (χ3n) is 6.51. The number of nitrogens with two attached hydrogens (primary N) is 1. The predicted molar refractivity (Wildman–Crippen MR) is 140 cm³/mol. The average Bonchev–Trinajstić information content (AvgIpc) is 2.65. The Kier molecular flexibility index (Phi) is 21.8. The fourth-order valence-electron chi connectivity index (χ4n) is 4.31. The molecule has 0 spiro atoms. The monoisotopic (exact) mass is 526 g/mol. The minimum absolute atomic E-state index is 0. The van der Waals surface area contributed by atoms with E-state index in [0.717, 1.165) is 13.0 Å². The number of carbonyl (C=O) groups is 3. The molecule has 0 saturated heterocycles. The van der Waals surface area contributed by atoms with E-state index in [1.165, 1.54) is 0 Å². The van der Waals surface area contributed by atoms with Crippen LogP contribution in [0.25, 0.3) is 0 Å². The number of amides is 2. The van der Waals surface area contributed by atoms with E-state index in [0.29, 0.717) is 41.4 Å². The fourth-order valence-corrected chi connectivity index (χ4v) is 4.31. The van der Waals surface area contributed by atoms with Crippen LogP contribution in [-0.4, -0.2) is 99.4 Å². The molecular formula is C26H55N4NaO5. The maximum Gasteiger partial charge on any atom is 1.00 e. The zero-order valence-electron chi connectivity index (χ0n) is 25.1. The van der Waals surface area contributed by atoms with Gasteiger partial charge in [-0.2, -0.15) is 0 Å². The van der Waals surface area contributed by atoms with Crippen molar-refractivity contribution < 1.29 is 63.1 Å². The maximum absolute atomic E-state index is 12.9. The van der Waals surface area contributed by atoms with Crippen molar-refractivity contribution in [3.63, 3.8) is 0 Å². The van der Waals surface area contributed by atoms with E-state index in [2.05, 4.69) is 19.4 Å². The van der Waals surface area contributed by atoms with Crippen LogP contribution in [0.1, 0.15) is 52.9 Å². The van der Waals surface area contributed by atoms with Crippen molar-refractivity contribution in [3.05, 3.63) is 14.9 Å². The van der Waals surface area contributed by atoms with Gasteiger partial charge < -0.3 is 49.9 Å². The van der Waals surface area contributed by atoms with Gasteiger partial charge in [0.15, 0.2) is 6.10 Å². The van der Waals surface area contributed by atoms with E-state index in [1.807, 2.05) is 28.1 Å². The van der Waals surface area contributed by atoms with Crippen molar-refractivity contribution in [2.24, 2.45) is 23.0 Å². The van der Waals surface area contributed by atoms with Crippen LogP contribution in [0, 0.1) is 32.1 Å². The fraction of sp³-hybridized carbons (Fsp3) is 0.808. The first kappa shape index (κ1) is 42.4. The van der Waals surface area contributed by atoms with Gasteiger partial charge in [0.05, 0.1) is 41.8 Å². The molecular weight excluding hydrogens is 471 g/mol. The Hall–Kier alpha value is -0.710. The first-order valence-electron chi connectivity index (χ1n) is 12.0. The zero-order valence-corrected chi connectivity index (χ0v) is 27.1. The molecule has 2 amide bonds. The summed E-state index contributed by atoms with van der Waals surface area (Å²) >= 11 is 0. The van der Waals surface area contributed by atoms with E-state index < -0.39 is 35.2 Å². The van der Waals surface area contributed by atoms with E-state index in [4.69, 9.17) is 5.73 Å². The van der Waals surface area contributed by atoms with E-state index in [-0.39, 0.29) is 63.2 Å². The molecule has 0 radical (unpaired) electrons. The summed E-state index contributed by atoms with van der Waals surface area (Å²) in [6.07, 6.45) is 1.42. The van der Waals surface area contributed by atoms with E-state index in [1.54, 1.807) is 13.8 Å². The molecule has 0 rings (SSSR count). The Bertz CT molecular complexity index is 655. The second-order valence-electron chi connectivity index (χ2n) is 11.5. The van der Waals surface area contributed by atoms with Crippen LogP contribution < -0.4 is 45.7 Å². The second-order valence-corrected chi connectivity index (χ2v) is 11.5. The molecule has 0 aromatic carbocycles. The summed E-state index contributed by atoms with van der Waals surface area (Å²) in [6, 6.07) is 0. The second kappa shape index (κ2) is 18.5. The number of aliphatic carboxylic acids is 1. The van der Waals surface area contributed by atoms with Gasteiger partial charge in [0, 0.05) is 36.2 Å². The normalized spacial score (nSPS) is 15.6. The predicted octanol–water partition coefficient (Wildman–Crippen LogP) is -2.39. The summed E-state index contributed by atoms with van der Waals surface area (Å²) in [6.45, 7) is 7.95. The molecule has 4 atom stereocenters. The summed E-state index contributed by atoms with van der Waals surface area (Å²) in [5.41, 5.74) is 4.50. The Morgan fingerprint density at radius 3 is 1.94 bits per heavy atom. The molecule has 0 aromatic rings. The number of nitrogens with one attached hydrogen (secondary N) is 1. The van der Waals surface area contributed by atoms with Crippen molar-refractivity contribution in [3.8, 4) is 0 Å². The molecule has 10 heteroatoms. The minimum atomic E-state index is -1.26. The molecule has 4 unspecified atom stereocenters. The third kappa shape index (κ3) is 16.9. The van der Waals surface area contributed by atoms with Gasteiger partial charge in [-0.1, -0.05) is 20.8 Å². The molecule has 0 heterocycles. The molecule has 0 aliphatic rings. The summed E-state index contributed by atoms with van der Waals surface area (Å²) in [5.74, 6) is -3.45. The number of aliphatic hydroxyl groups is 1. The van der Waals surface area contributed by atoms with Crippen molar-refractivity contribution in [2.45, 2.75) is 59.0 Å². The average molecular weight is 527 g/mol. The standard InChI is InChI=1S/C24H48N4O5.2CH3.Na/c1-9-18(21(25)30)14-19(22(31)32)15-24(3,10-2)23(33)26-12-11-13-28(7,8)17-20(29)16-27(4,5)6;;;/h18-20,29H,9-17H2,1-8H3,(H2-2,25,26,30,31,32,33);2*1H3;/q;2*-1;+1/p+1.